The summed E-state index contributed by atoms with van der Waals surface area (Å²) in [6.07, 6.45) is 2.61. The van der Waals surface area contributed by atoms with Crippen molar-refractivity contribution in [3.63, 3.8) is 0 Å². The highest BCUT2D eigenvalue weighted by molar-refractivity contribution is 5.96. The second-order valence-electron chi connectivity index (χ2n) is 4.35. The molecule has 4 nitrogen and oxygen atoms in total. The number of pyridine rings is 1. The van der Waals surface area contributed by atoms with Gasteiger partial charge in [0, 0.05) is 11.9 Å². The summed E-state index contributed by atoms with van der Waals surface area (Å²) in [6.45, 7) is 7.65. The molecular weight excluding hydrogens is 226 g/mol. The van der Waals surface area contributed by atoms with Gasteiger partial charge in [-0.1, -0.05) is 6.92 Å². The Morgan fingerprint density at radius 1 is 1.39 bits per heavy atom. The molecule has 18 heavy (non-hydrogen) atoms. The number of hydrogen-bond donors (Lipinski definition) is 0. The van der Waals surface area contributed by atoms with E-state index in [1.165, 1.54) is 5.56 Å². The lowest BCUT2D eigenvalue weighted by Crippen LogP contribution is -2.08. The van der Waals surface area contributed by atoms with Crippen molar-refractivity contribution in [1.82, 2.24) is 14.8 Å². The van der Waals surface area contributed by atoms with Gasteiger partial charge in [0.05, 0.1) is 11.3 Å². The first kappa shape index (κ1) is 12.5. The lowest BCUT2D eigenvalue weighted by molar-refractivity contribution is 0.101. The summed E-state index contributed by atoms with van der Waals surface area (Å²) in [5.74, 6) is 0.619. The Morgan fingerprint density at radius 2 is 2.11 bits per heavy atom. The van der Waals surface area contributed by atoms with Crippen LogP contribution in [-0.4, -0.2) is 20.5 Å². The van der Waals surface area contributed by atoms with Gasteiger partial charge in [-0.2, -0.15) is 5.10 Å². The molecule has 0 unspecified atom stereocenters. The number of hydrogen-bond acceptors (Lipinski definition) is 3. The van der Waals surface area contributed by atoms with E-state index in [1.807, 2.05) is 13.8 Å². The Hall–Kier alpha value is -1.97. The van der Waals surface area contributed by atoms with Crippen LogP contribution >= 0.6 is 0 Å². The minimum absolute atomic E-state index is 0.00343. The van der Waals surface area contributed by atoms with Crippen molar-refractivity contribution in [1.29, 1.82) is 0 Å². The molecule has 0 saturated heterocycles. The van der Waals surface area contributed by atoms with Crippen LogP contribution < -0.4 is 0 Å². The van der Waals surface area contributed by atoms with E-state index >= 15 is 0 Å². The molecule has 2 aromatic heterocycles. The summed E-state index contributed by atoms with van der Waals surface area (Å²) in [5, 5.41) is 4.50. The number of aryl methyl sites for hydroxylation is 1. The van der Waals surface area contributed by atoms with Crippen molar-refractivity contribution >= 4 is 5.78 Å². The van der Waals surface area contributed by atoms with Gasteiger partial charge in [0.2, 0.25) is 0 Å². The number of rotatable bonds is 3. The molecule has 94 valence electrons. The van der Waals surface area contributed by atoms with E-state index in [1.54, 1.807) is 29.9 Å². The molecule has 0 atom stereocenters. The fourth-order valence-corrected chi connectivity index (χ4v) is 2.23. The highest BCUT2D eigenvalue weighted by Crippen LogP contribution is 2.19. The molecule has 2 rings (SSSR count). The van der Waals surface area contributed by atoms with E-state index in [9.17, 15) is 4.79 Å². The lowest BCUT2D eigenvalue weighted by atomic mass is 10.1. The summed E-state index contributed by atoms with van der Waals surface area (Å²) in [7, 11) is 0. The van der Waals surface area contributed by atoms with Gasteiger partial charge in [-0.05, 0) is 44.9 Å². The zero-order valence-electron chi connectivity index (χ0n) is 11.2. The highest BCUT2D eigenvalue weighted by Gasteiger charge is 2.16. The number of carbonyl (C=O) groups is 1. The van der Waals surface area contributed by atoms with E-state index in [-0.39, 0.29) is 5.78 Å². The predicted octanol–water partition coefficient (Wildman–Crippen LogP) is 2.65. The third kappa shape index (κ3) is 1.94. The highest BCUT2D eigenvalue weighted by atomic mass is 16.1. The maximum absolute atomic E-state index is 11.6. The van der Waals surface area contributed by atoms with Gasteiger partial charge in [0.25, 0.3) is 0 Å². The minimum atomic E-state index is 0.00343. The lowest BCUT2D eigenvalue weighted by Gasteiger charge is -2.07. The fourth-order valence-electron chi connectivity index (χ4n) is 2.23. The molecule has 0 aliphatic heterocycles. The molecule has 4 heteroatoms. The molecule has 0 N–H and O–H groups in total. The zero-order valence-corrected chi connectivity index (χ0v) is 11.2. The Bertz CT molecular complexity index is 599. The first-order chi connectivity index (χ1) is 8.56. The second kappa shape index (κ2) is 4.72. The van der Waals surface area contributed by atoms with Crippen molar-refractivity contribution < 1.29 is 4.79 Å². The first-order valence-corrected chi connectivity index (χ1v) is 6.07. The Balaban J connectivity index is 2.66. The Morgan fingerprint density at radius 3 is 2.67 bits per heavy atom. The third-order valence-electron chi connectivity index (χ3n) is 3.16. The number of nitrogens with zero attached hydrogens (tertiary/aromatic N) is 3. The first-order valence-electron chi connectivity index (χ1n) is 6.07. The molecule has 2 heterocycles. The topological polar surface area (TPSA) is 47.8 Å². The van der Waals surface area contributed by atoms with Crippen LogP contribution in [0.25, 0.3) is 5.82 Å². The SMILES string of the molecule is CCc1c(C)nn(-c2ncccc2C(C)=O)c1C. The van der Waals surface area contributed by atoms with Crippen LogP contribution in [0.1, 0.15) is 41.2 Å². The number of aromatic nitrogens is 3. The largest absolute Gasteiger partial charge is 0.294 e. The molecule has 0 aliphatic rings. The second-order valence-corrected chi connectivity index (χ2v) is 4.35. The Kier molecular flexibility index (Phi) is 3.28. The van der Waals surface area contributed by atoms with Gasteiger partial charge in [-0.25, -0.2) is 9.67 Å². The summed E-state index contributed by atoms with van der Waals surface area (Å²) in [5.41, 5.74) is 3.87. The molecule has 0 fully saturated rings. The standard InChI is InChI=1S/C14H17N3O/c1-5-12-9(2)16-17(10(12)3)14-13(11(4)18)7-6-8-15-14/h6-8H,5H2,1-4H3. The summed E-state index contributed by atoms with van der Waals surface area (Å²) < 4.78 is 1.77. The Labute approximate surface area is 107 Å². The molecule has 0 bridgehead atoms. The number of carbonyl (C=O) groups excluding carboxylic acids is 1. The molecule has 0 saturated carbocycles. The molecule has 0 aliphatic carbocycles. The van der Waals surface area contributed by atoms with Gasteiger partial charge in [0.15, 0.2) is 11.6 Å². The van der Waals surface area contributed by atoms with Gasteiger partial charge in [0.1, 0.15) is 0 Å². The van der Waals surface area contributed by atoms with Crippen LogP contribution in [-0.2, 0) is 6.42 Å². The molecule has 2 aromatic rings. The monoisotopic (exact) mass is 243 g/mol. The van der Waals surface area contributed by atoms with Crippen LogP contribution in [0.4, 0.5) is 0 Å². The molecule has 0 aromatic carbocycles. The molecule has 0 spiro atoms. The minimum Gasteiger partial charge on any atom is -0.294 e. The quantitative estimate of drug-likeness (QED) is 0.779. The number of ketones is 1. The predicted molar refractivity (Wildman–Crippen MR) is 70.2 cm³/mol. The van der Waals surface area contributed by atoms with Gasteiger partial charge < -0.3 is 0 Å². The summed E-state index contributed by atoms with van der Waals surface area (Å²) in [4.78, 5) is 15.9. The fraction of sp³-hybridized carbons (Fsp3) is 0.357. The van der Waals surface area contributed by atoms with Crippen LogP contribution in [0.15, 0.2) is 18.3 Å². The van der Waals surface area contributed by atoms with E-state index in [2.05, 4.69) is 17.0 Å². The maximum Gasteiger partial charge on any atom is 0.164 e. The van der Waals surface area contributed by atoms with Crippen molar-refractivity contribution in [2.45, 2.75) is 34.1 Å². The number of Topliss-reactive ketones (excluding diaryl/α,β-unsaturated/α-hetero) is 1. The third-order valence-corrected chi connectivity index (χ3v) is 3.16. The molecule has 0 amide bonds. The van der Waals surface area contributed by atoms with Crippen molar-refractivity contribution in [2.24, 2.45) is 0 Å². The summed E-state index contributed by atoms with van der Waals surface area (Å²) >= 11 is 0. The maximum atomic E-state index is 11.6. The van der Waals surface area contributed by atoms with Crippen LogP contribution in [0.2, 0.25) is 0 Å². The van der Waals surface area contributed by atoms with E-state index in [4.69, 9.17) is 0 Å². The molecule has 0 radical (unpaired) electrons. The van der Waals surface area contributed by atoms with E-state index < -0.39 is 0 Å². The van der Waals surface area contributed by atoms with Crippen molar-refractivity contribution in [3.8, 4) is 5.82 Å². The summed E-state index contributed by atoms with van der Waals surface area (Å²) in [6, 6.07) is 3.55. The van der Waals surface area contributed by atoms with E-state index in [0.29, 0.717) is 11.4 Å². The average molecular weight is 243 g/mol. The van der Waals surface area contributed by atoms with Crippen LogP contribution in [0, 0.1) is 13.8 Å². The van der Waals surface area contributed by atoms with Crippen LogP contribution in [0.5, 0.6) is 0 Å². The molecular formula is C14H17N3O. The zero-order chi connectivity index (χ0) is 13.3. The smallest absolute Gasteiger partial charge is 0.164 e. The van der Waals surface area contributed by atoms with Gasteiger partial charge in [-0.3, -0.25) is 4.79 Å². The van der Waals surface area contributed by atoms with Gasteiger partial charge in [-0.15, -0.1) is 0 Å². The van der Waals surface area contributed by atoms with Crippen molar-refractivity contribution in [2.75, 3.05) is 0 Å². The van der Waals surface area contributed by atoms with Crippen molar-refractivity contribution in [3.05, 3.63) is 40.8 Å². The van der Waals surface area contributed by atoms with E-state index in [0.717, 1.165) is 17.8 Å². The normalized spacial score (nSPS) is 10.7. The van der Waals surface area contributed by atoms with Gasteiger partial charge >= 0.3 is 0 Å². The van der Waals surface area contributed by atoms with Crippen LogP contribution in [0.3, 0.4) is 0 Å². The average Bonchev–Trinajstić information content (AvgIpc) is 2.64.